The van der Waals surface area contributed by atoms with Crippen LogP contribution in [0.4, 0.5) is 5.69 Å². The van der Waals surface area contributed by atoms with Crippen LogP contribution in [0.3, 0.4) is 0 Å². The van der Waals surface area contributed by atoms with E-state index in [-0.39, 0.29) is 11.0 Å². The summed E-state index contributed by atoms with van der Waals surface area (Å²) in [6.07, 6.45) is 4.48. The average Bonchev–Trinajstić information content (AvgIpc) is 2.92. The summed E-state index contributed by atoms with van der Waals surface area (Å²) in [5.41, 5.74) is 0.855. The van der Waals surface area contributed by atoms with Gasteiger partial charge in [-0.25, -0.2) is 0 Å². The molecule has 0 saturated carbocycles. The summed E-state index contributed by atoms with van der Waals surface area (Å²) in [7, 11) is 0. The van der Waals surface area contributed by atoms with Gasteiger partial charge in [-0.1, -0.05) is 12.1 Å². The number of rotatable bonds is 3. The predicted molar refractivity (Wildman–Crippen MR) is 91.3 cm³/mol. The lowest BCUT2D eigenvalue weighted by atomic mass is 10.3. The van der Waals surface area contributed by atoms with Crippen molar-refractivity contribution in [1.29, 1.82) is 0 Å². The van der Waals surface area contributed by atoms with Gasteiger partial charge in [-0.2, -0.15) is 0 Å². The van der Waals surface area contributed by atoms with Crippen LogP contribution in [0.1, 0.15) is 5.76 Å². The van der Waals surface area contributed by atoms with E-state index in [1.165, 1.54) is 6.08 Å². The van der Waals surface area contributed by atoms with Crippen LogP contribution >= 0.6 is 34.8 Å². The highest BCUT2D eigenvalue weighted by Gasteiger charge is 2.03. The highest BCUT2D eigenvalue weighted by molar-refractivity contribution is 14.1. The van der Waals surface area contributed by atoms with Crippen molar-refractivity contribution in [3.63, 3.8) is 0 Å². The van der Waals surface area contributed by atoms with E-state index in [1.807, 2.05) is 24.3 Å². The molecular weight excluding hydrogens is 387 g/mol. The molecule has 1 heterocycles. The number of thiocarbonyl (C=S) groups is 1. The SMILES string of the molecule is O=C(C=Cc1ccco1)NC(=S)Nc1ccccc1I. The Kier molecular flexibility index (Phi) is 5.31. The van der Waals surface area contributed by atoms with E-state index in [0.29, 0.717) is 5.76 Å². The van der Waals surface area contributed by atoms with E-state index >= 15 is 0 Å². The lowest BCUT2D eigenvalue weighted by Crippen LogP contribution is -2.33. The molecule has 0 bridgehead atoms. The largest absolute Gasteiger partial charge is 0.465 e. The fraction of sp³-hybridized carbons (Fsp3) is 0. The fourth-order valence-electron chi connectivity index (χ4n) is 1.41. The smallest absolute Gasteiger partial charge is 0.250 e. The van der Waals surface area contributed by atoms with E-state index in [9.17, 15) is 4.79 Å². The Morgan fingerprint density at radius 3 is 2.75 bits per heavy atom. The minimum Gasteiger partial charge on any atom is -0.465 e. The first kappa shape index (κ1) is 14.7. The monoisotopic (exact) mass is 398 g/mol. The van der Waals surface area contributed by atoms with Crippen molar-refractivity contribution in [3.8, 4) is 0 Å². The Hall–Kier alpha value is -1.67. The Morgan fingerprint density at radius 1 is 1.25 bits per heavy atom. The molecule has 1 aromatic carbocycles. The fourth-order valence-corrected chi connectivity index (χ4v) is 2.15. The molecule has 0 spiro atoms. The number of carbonyl (C=O) groups is 1. The minimum atomic E-state index is -0.315. The highest BCUT2D eigenvalue weighted by Crippen LogP contribution is 2.16. The molecule has 0 aliphatic rings. The van der Waals surface area contributed by atoms with Crippen molar-refractivity contribution in [2.45, 2.75) is 0 Å². The van der Waals surface area contributed by atoms with Gasteiger partial charge in [-0.3, -0.25) is 10.1 Å². The topological polar surface area (TPSA) is 54.3 Å². The number of benzene rings is 1. The number of para-hydroxylation sites is 1. The number of nitrogens with one attached hydrogen (secondary N) is 2. The van der Waals surface area contributed by atoms with Crippen LogP contribution in [0.15, 0.2) is 53.2 Å². The first-order chi connectivity index (χ1) is 9.65. The number of amides is 1. The molecule has 1 amide bonds. The molecule has 2 aromatic rings. The third-order valence-corrected chi connectivity index (χ3v) is 3.45. The van der Waals surface area contributed by atoms with Gasteiger partial charge in [0.25, 0.3) is 0 Å². The predicted octanol–water partition coefficient (Wildman–Crippen LogP) is 3.41. The first-order valence-corrected chi connectivity index (χ1v) is 7.22. The molecule has 0 aliphatic heterocycles. The first-order valence-electron chi connectivity index (χ1n) is 5.73. The molecule has 2 rings (SSSR count). The maximum atomic E-state index is 11.7. The van der Waals surface area contributed by atoms with E-state index in [0.717, 1.165) is 9.26 Å². The summed E-state index contributed by atoms with van der Waals surface area (Å²) >= 11 is 7.27. The summed E-state index contributed by atoms with van der Waals surface area (Å²) in [6, 6.07) is 11.2. The molecule has 0 atom stereocenters. The minimum absolute atomic E-state index is 0.253. The van der Waals surface area contributed by atoms with Gasteiger partial charge < -0.3 is 9.73 Å². The lowest BCUT2D eigenvalue weighted by Gasteiger charge is -2.09. The van der Waals surface area contributed by atoms with E-state index in [1.54, 1.807) is 24.5 Å². The van der Waals surface area contributed by atoms with E-state index in [2.05, 4.69) is 33.2 Å². The van der Waals surface area contributed by atoms with Gasteiger partial charge in [-0.05, 0) is 65.2 Å². The van der Waals surface area contributed by atoms with Crippen LogP contribution in [-0.2, 0) is 4.79 Å². The van der Waals surface area contributed by atoms with Crippen LogP contribution in [0.5, 0.6) is 0 Å². The number of hydrogen-bond acceptors (Lipinski definition) is 3. The Bertz CT molecular complexity index is 638. The zero-order chi connectivity index (χ0) is 14.4. The van der Waals surface area contributed by atoms with Crippen molar-refractivity contribution in [2.75, 3.05) is 5.32 Å². The third kappa shape index (κ3) is 4.46. The van der Waals surface area contributed by atoms with Gasteiger partial charge in [0.05, 0.1) is 12.0 Å². The molecule has 0 saturated heterocycles. The van der Waals surface area contributed by atoms with Gasteiger partial charge in [0, 0.05) is 9.65 Å². The van der Waals surface area contributed by atoms with Crippen molar-refractivity contribution in [3.05, 3.63) is 58.1 Å². The molecule has 102 valence electrons. The van der Waals surface area contributed by atoms with E-state index < -0.39 is 0 Å². The van der Waals surface area contributed by atoms with Gasteiger partial charge >= 0.3 is 0 Å². The zero-order valence-electron chi connectivity index (χ0n) is 10.3. The number of hydrogen-bond donors (Lipinski definition) is 2. The number of furan rings is 1. The zero-order valence-corrected chi connectivity index (χ0v) is 13.3. The molecule has 1 aromatic heterocycles. The normalized spacial score (nSPS) is 10.4. The van der Waals surface area contributed by atoms with Gasteiger partial charge in [0.2, 0.25) is 5.91 Å². The molecule has 0 aliphatic carbocycles. The maximum Gasteiger partial charge on any atom is 0.250 e. The van der Waals surface area contributed by atoms with Crippen LogP contribution < -0.4 is 10.6 Å². The molecule has 0 fully saturated rings. The quantitative estimate of drug-likeness (QED) is 0.473. The molecule has 2 N–H and O–H groups in total. The molecule has 0 radical (unpaired) electrons. The number of anilines is 1. The van der Waals surface area contributed by atoms with Gasteiger partial charge in [0.1, 0.15) is 5.76 Å². The molecule has 20 heavy (non-hydrogen) atoms. The Morgan fingerprint density at radius 2 is 2.05 bits per heavy atom. The van der Waals surface area contributed by atoms with Crippen molar-refractivity contribution < 1.29 is 9.21 Å². The number of halogens is 1. The van der Waals surface area contributed by atoms with Crippen molar-refractivity contribution in [1.82, 2.24) is 5.32 Å². The Labute approximate surface area is 135 Å². The van der Waals surface area contributed by atoms with Crippen LogP contribution in [0.2, 0.25) is 0 Å². The second-order valence-corrected chi connectivity index (χ2v) is 5.34. The van der Waals surface area contributed by atoms with Gasteiger partial charge in [-0.15, -0.1) is 0 Å². The van der Waals surface area contributed by atoms with Crippen LogP contribution in [0.25, 0.3) is 6.08 Å². The Balaban J connectivity index is 1.88. The molecular formula is C14H11IN2O2S. The van der Waals surface area contributed by atoms with Crippen molar-refractivity contribution in [2.24, 2.45) is 0 Å². The summed E-state index contributed by atoms with van der Waals surface area (Å²) in [4.78, 5) is 11.7. The molecule has 6 heteroatoms. The molecule has 0 unspecified atom stereocenters. The van der Waals surface area contributed by atoms with E-state index in [4.69, 9.17) is 16.6 Å². The molecule has 4 nitrogen and oxygen atoms in total. The maximum absolute atomic E-state index is 11.7. The summed E-state index contributed by atoms with van der Waals surface area (Å²) < 4.78 is 6.11. The summed E-state index contributed by atoms with van der Waals surface area (Å²) in [5, 5.41) is 5.79. The standard InChI is InChI=1S/C14H11IN2O2S/c15-11-5-1-2-6-12(11)16-14(20)17-13(18)8-7-10-4-3-9-19-10/h1-9H,(H2,16,17,18,20). The highest BCUT2D eigenvalue weighted by atomic mass is 127. The van der Waals surface area contributed by atoms with Crippen LogP contribution in [0, 0.1) is 3.57 Å². The van der Waals surface area contributed by atoms with Crippen molar-refractivity contribution >= 4 is 57.6 Å². The second kappa shape index (κ2) is 7.20. The van der Waals surface area contributed by atoms with Crippen LogP contribution in [-0.4, -0.2) is 11.0 Å². The van der Waals surface area contributed by atoms with Gasteiger partial charge in [0.15, 0.2) is 5.11 Å². The summed E-state index contributed by atoms with van der Waals surface area (Å²) in [5.74, 6) is 0.293. The summed E-state index contributed by atoms with van der Waals surface area (Å²) in [6.45, 7) is 0. The lowest BCUT2D eigenvalue weighted by molar-refractivity contribution is -0.115. The second-order valence-electron chi connectivity index (χ2n) is 3.77. The average molecular weight is 398 g/mol. The number of carbonyl (C=O) groups excluding carboxylic acids is 1. The third-order valence-electron chi connectivity index (χ3n) is 2.30.